The van der Waals surface area contributed by atoms with Crippen LogP contribution in [-0.2, 0) is 0 Å². The molecule has 0 radical (unpaired) electrons. The van der Waals surface area contributed by atoms with Crippen molar-refractivity contribution in [3.8, 4) is 5.75 Å². The molecule has 0 saturated heterocycles. The first-order valence-electron chi connectivity index (χ1n) is 8.32. The molecule has 25 heavy (non-hydrogen) atoms. The Labute approximate surface area is 150 Å². The lowest BCUT2D eigenvalue weighted by molar-refractivity contribution is 0.582. The minimum atomic E-state index is -1.23. The van der Waals surface area contributed by atoms with E-state index in [9.17, 15) is 0 Å². The van der Waals surface area contributed by atoms with Gasteiger partial charge < -0.3 is 4.43 Å². The highest BCUT2D eigenvalue weighted by molar-refractivity contribution is 6.49. The summed E-state index contributed by atoms with van der Waals surface area (Å²) in [5, 5.41) is 0. The molecule has 0 amide bonds. The molecule has 2 aromatic carbocycles. The summed E-state index contributed by atoms with van der Waals surface area (Å²) in [5.41, 5.74) is 3.53. The fraction of sp³-hybridized carbons (Fsp3) is 0.150. The smallest absolute Gasteiger partial charge is 0.229 e. The number of rotatable bonds is 5. The Balaban J connectivity index is 2.12. The van der Waals surface area contributed by atoms with Gasteiger partial charge in [0.05, 0.1) is 0 Å². The summed E-state index contributed by atoms with van der Waals surface area (Å²) in [6.07, 6.45) is 3.62. The zero-order chi connectivity index (χ0) is 17.6. The van der Waals surface area contributed by atoms with Crippen molar-refractivity contribution in [3.05, 3.63) is 83.9 Å². The molecule has 0 bridgehead atoms. The van der Waals surface area contributed by atoms with Crippen LogP contribution in [0.2, 0.25) is 13.1 Å². The van der Waals surface area contributed by atoms with E-state index >= 15 is 0 Å². The molecule has 5 heteroatoms. The van der Waals surface area contributed by atoms with Gasteiger partial charge in [-0.15, -0.1) is 0 Å². The van der Waals surface area contributed by atoms with Crippen LogP contribution in [0.1, 0.15) is 17.0 Å². The Kier molecular flexibility index (Phi) is 5.35. The molecule has 0 aliphatic rings. The molecule has 0 fully saturated rings. The monoisotopic (exact) mass is 347 g/mol. The molecule has 0 spiro atoms. The van der Waals surface area contributed by atoms with E-state index in [0.29, 0.717) is 5.82 Å². The van der Waals surface area contributed by atoms with Gasteiger partial charge in [-0.1, -0.05) is 42.5 Å². The van der Waals surface area contributed by atoms with Crippen molar-refractivity contribution in [2.45, 2.75) is 20.0 Å². The highest BCUT2D eigenvalue weighted by atomic mass is 28.3. The molecule has 1 aromatic heterocycles. The summed E-state index contributed by atoms with van der Waals surface area (Å²) in [5.74, 6) is 1.41. The maximum atomic E-state index is 6.03. The van der Waals surface area contributed by atoms with Gasteiger partial charge in [-0.05, 0) is 37.7 Å². The number of benzene rings is 2. The quantitative estimate of drug-likeness (QED) is 0.510. The highest BCUT2D eigenvalue weighted by Gasteiger charge is 2.12. The second kappa shape index (κ2) is 7.85. The molecule has 0 N–H and O–H groups in total. The summed E-state index contributed by atoms with van der Waals surface area (Å²) in [6.45, 7) is 6.25. The van der Waals surface area contributed by atoms with Crippen molar-refractivity contribution in [3.63, 3.8) is 0 Å². The number of aryl methyl sites for hydroxylation is 1. The van der Waals surface area contributed by atoms with E-state index in [-0.39, 0.29) is 0 Å². The van der Waals surface area contributed by atoms with Crippen molar-refractivity contribution in [1.29, 1.82) is 0 Å². The van der Waals surface area contributed by atoms with E-state index in [1.165, 1.54) is 0 Å². The number of nitrogens with zero attached hydrogens (tertiary/aromatic N) is 3. The fourth-order valence-electron chi connectivity index (χ4n) is 2.38. The van der Waals surface area contributed by atoms with E-state index in [0.717, 1.165) is 28.3 Å². The Morgan fingerprint density at radius 2 is 1.56 bits per heavy atom. The van der Waals surface area contributed by atoms with Crippen molar-refractivity contribution in [2.75, 3.05) is 0 Å². The van der Waals surface area contributed by atoms with Gasteiger partial charge in [0.15, 0.2) is 5.82 Å². The van der Waals surface area contributed by atoms with E-state index < -0.39 is 9.04 Å². The largest absolute Gasteiger partial charge is 0.546 e. The van der Waals surface area contributed by atoms with Crippen molar-refractivity contribution < 1.29 is 4.43 Å². The maximum Gasteiger partial charge on any atom is 0.229 e. The van der Waals surface area contributed by atoms with Gasteiger partial charge in [-0.2, -0.15) is 0 Å². The van der Waals surface area contributed by atoms with Crippen LogP contribution < -0.4 is 4.43 Å². The average Bonchev–Trinajstić information content (AvgIpc) is 2.62. The zero-order valence-corrected chi connectivity index (χ0v) is 15.8. The van der Waals surface area contributed by atoms with Gasteiger partial charge >= 0.3 is 0 Å². The van der Waals surface area contributed by atoms with E-state index in [2.05, 4.69) is 23.1 Å². The third-order valence-corrected chi connectivity index (χ3v) is 4.23. The molecule has 0 aliphatic heterocycles. The molecule has 3 aromatic rings. The Hall–Kier alpha value is -2.79. The summed E-state index contributed by atoms with van der Waals surface area (Å²) < 4.78 is 6.03. The molecular formula is C20H21N3OSi. The second-order valence-corrected chi connectivity index (χ2v) is 8.38. The number of hydrogen-bond acceptors (Lipinski definition) is 4. The Morgan fingerprint density at radius 1 is 0.920 bits per heavy atom. The standard InChI is InChI=1S/C20H21N3OSi/c1-15-13-21-20(22-14-15)19(16-9-5-4-6-10-16)23-17-11-7-8-12-18(17)24-25(2)3/h4-14,25H,1-3H3. The lowest BCUT2D eigenvalue weighted by Crippen LogP contribution is -2.12. The minimum absolute atomic E-state index is 0.605. The third-order valence-electron chi connectivity index (χ3n) is 3.50. The van der Waals surface area contributed by atoms with Crippen LogP contribution in [0.5, 0.6) is 5.75 Å². The summed E-state index contributed by atoms with van der Waals surface area (Å²) in [7, 11) is -1.23. The Bertz CT molecular complexity index is 862. The van der Waals surface area contributed by atoms with Crippen molar-refractivity contribution in [1.82, 2.24) is 9.97 Å². The summed E-state index contributed by atoms with van der Waals surface area (Å²) >= 11 is 0. The molecule has 0 atom stereocenters. The molecule has 1 heterocycles. The molecule has 3 rings (SSSR count). The van der Waals surface area contributed by atoms with E-state index in [1.54, 1.807) is 0 Å². The molecule has 4 nitrogen and oxygen atoms in total. The summed E-state index contributed by atoms with van der Waals surface area (Å²) in [6, 6.07) is 17.9. The zero-order valence-electron chi connectivity index (χ0n) is 14.7. The van der Waals surface area contributed by atoms with Crippen LogP contribution in [0.15, 0.2) is 72.0 Å². The van der Waals surface area contributed by atoms with Crippen molar-refractivity contribution in [2.24, 2.45) is 4.99 Å². The topological polar surface area (TPSA) is 47.4 Å². The lowest BCUT2D eigenvalue weighted by atomic mass is 10.1. The average molecular weight is 347 g/mol. The predicted molar refractivity (Wildman–Crippen MR) is 104 cm³/mol. The van der Waals surface area contributed by atoms with Crippen LogP contribution in [0, 0.1) is 6.92 Å². The fourth-order valence-corrected chi connectivity index (χ4v) is 3.09. The highest BCUT2D eigenvalue weighted by Crippen LogP contribution is 2.29. The van der Waals surface area contributed by atoms with Gasteiger partial charge in [-0.3, -0.25) is 0 Å². The first-order chi connectivity index (χ1) is 12.1. The van der Waals surface area contributed by atoms with Crippen LogP contribution in [0.3, 0.4) is 0 Å². The van der Waals surface area contributed by atoms with Crippen LogP contribution in [-0.4, -0.2) is 24.7 Å². The molecular weight excluding hydrogens is 326 g/mol. The van der Waals surface area contributed by atoms with Gasteiger partial charge in [0.1, 0.15) is 17.1 Å². The van der Waals surface area contributed by atoms with Gasteiger partial charge in [-0.25, -0.2) is 15.0 Å². The minimum Gasteiger partial charge on any atom is -0.546 e. The third kappa shape index (κ3) is 4.39. The molecule has 0 unspecified atom stereocenters. The lowest BCUT2D eigenvalue weighted by Gasteiger charge is -2.13. The van der Waals surface area contributed by atoms with Gasteiger partial charge in [0.25, 0.3) is 0 Å². The van der Waals surface area contributed by atoms with Gasteiger partial charge in [0.2, 0.25) is 9.04 Å². The van der Waals surface area contributed by atoms with E-state index in [1.807, 2.05) is 73.9 Å². The normalized spacial score (nSPS) is 11.6. The Morgan fingerprint density at radius 3 is 2.24 bits per heavy atom. The predicted octanol–water partition coefficient (Wildman–Crippen LogP) is 4.32. The van der Waals surface area contributed by atoms with Crippen LogP contribution >= 0.6 is 0 Å². The van der Waals surface area contributed by atoms with Crippen LogP contribution in [0.4, 0.5) is 5.69 Å². The van der Waals surface area contributed by atoms with Crippen molar-refractivity contribution >= 4 is 20.4 Å². The van der Waals surface area contributed by atoms with E-state index in [4.69, 9.17) is 9.42 Å². The summed E-state index contributed by atoms with van der Waals surface area (Å²) in [4.78, 5) is 13.8. The number of hydrogen-bond donors (Lipinski definition) is 0. The molecule has 126 valence electrons. The molecule has 0 aliphatic carbocycles. The first-order valence-corrected chi connectivity index (χ1v) is 11.1. The van der Waals surface area contributed by atoms with Gasteiger partial charge in [0, 0.05) is 18.0 Å². The SMILES string of the molecule is Cc1cnc(C(=Nc2ccccc2O[SiH](C)C)c2ccccc2)nc1. The molecule has 0 saturated carbocycles. The first kappa shape index (κ1) is 17.0. The maximum absolute atomic E-state index is 6.03. The second-order valence-electron chi connectivity index (χ2n) is 6.04. The number of aromatic nitrogens is 2. The number of para-hydroxylation sites is 2. The number of aliphatic imine (C=N–C) groups is 1. The van der Waals surface area contributed by atoms with Crippen LogP contribution in [0.25, 0.3) is 0 Å².